The Kier molecular flexibility index (Phi) is 5.47. The van der Waals surface area contributed by atoms with Gasteiger partial charge in [0.1, 0.15) is 0 Å². The van der Waals surface area contributed by atoms with Crippen molar-refractivity contribution < 1.29 is 14.7 Å². The number of anilines is 1. The molecule has 0 radical (unpaired) electrons. The van der Waals surface area contributed by atoms with E-state index in [9.17, 15) is 9.59 Å². The molecule has 0 atom stereocenters. The molecule has 134 valence electrons. The smallest absolute Gasteiger partial charge is 0.337 e. The SMILES string of the molecule is Cc1cc(C=CC(=O)Nc2ccccc2C(=O)O)ccc1-c1ccccc1. The van der Waals surface area contributed by atoms with Crippen molar-refractivity contribution >= 4 is 23.6 Å². The van der Waals surface area contributed by atoms with Gasteiger partial charge in [-0.05, 0) is 47.4 Å². The van der Waals surface area contributed by atoms with E-state index in [-0.39, 0.29) is 17.2 Å². The first-order chi connectivity index (χ1) is 13.0. The number of carboxylic acids is 1. The molecule has 0 saturated heterocycles. The zero-order chi connectivity index (χ0) is 19.2. The summed E-state index contributed by atoms with van der Waals surface area (Å²) < 4.78 is 0. The minimum atomic E-state index is -1.08. The van der Waals surface area contributed by atoms with Crippen LogP contribution >= 0.6 is 0 Å². The molecule has 0 saturated carbocycles. The molecule has 0 unspecified atom stereocenters. The van der Waals surface area contributed by atoms with Gasteiger partial charge in [-0.15, -0.1) is 0 Å². The lowest BCUT2D eigenvalue weighted by molar-refractivity contribution is -0.111. The first-order valence-corrected chi connectivity index (χ1v) is 8.52. The third-order valence-electron chi connectivity index (χ3n) is 4.18. The summed E-state index contributed by atoms with van der Waals surface area (Å²) in [5.74, 6) is -1.46. The number of carboxylic acid groups (broad SMARTS) is 1. The standard InChI is InChI=1S/C23H19NO3/c1-16-15-17(11-13-19(16)18-7-3-2-4-8-18)12-14-22(25)24-21-10-6-5-9-20(21)23(26)27/h2-15H,1H3,(H,24,25)(H,26,27). The quantitative estimate of drug-likeness (QED) is 0.631. The third-order valence-corrected chi connectivity index (χ3v) is 4.18. The second-order valence-corrected chi connectivity index (χ2v) is 6.11. The van der Waals surface area contributed by atoms with Gasteiger partial charge in [-0.25, -0.2) is 4.79 Å². The lowest BCUT2D eigenvalue weighted by atomic mass is 9.98. The van der Waals surface area contributed by atoms with Crippen molar-refractivity contribution in [1.82, 2.24) is 0 Å². The predicted octanol–water partition coefficient (Wildman–Crippen LogP) is 5.01. The Morgan fingerprint density at radius 1 is 0.926 bits per heavy atom. The first kappa shape index (κ1) is 18.1. The fourth-order valence-electron chi connectivity index (χ4n) is 2.86. The summed E-state index contributed by atoms with van der Waals surface area (Å²) >= 11 is 0. The predicted molar refractivity (Wildman–Crippen MR) is 108 cm³/mol. The molecule has 0 bridgehead atoms. The monoisotopic (exact) mass is 357 g/mol. The molecule has 3 rings (SSSR count). The van der Waals surface area contributed by atoms with Crippen LogP contribution in [-0.2, 0) is 4.79 Å². The van der Waals surface area contributed by atoms with Crippen molar-refractivity contribution in [2.45, 2.75) is 6.92 Å². The van der Waals surface area contributed by atoms with E-state index < -0.39 is 5.97 Å². The molecule has 0 aliphatic heterocycles. The molecular formula is C23H19NO3. The van der Waals surface area contributed by atoms with Gasteiger partial charge in [0.05, 0.1) is 11.3 Å². The van der Waals surface area contributed by atoms with E-state index in [2.05, 4.69) is 17.4 Å². The van der Waals surface area contributed by atoms with E-state index >= 15 is 0 Å². The van der Waals surface area contributed by atoms with E-state index in [0.29, 0.717) is 0 Å². The highest BCUT2D eigenvalue weighted by molar-refractivity contribution is 6.06. The molecule has 3 aromatic carbocycles. The summed E-state index contributed by atoms with van der Waals surface area (Å²) in [7, 11) is 0. The zero-order valence-corrected chi connectivity index (χ0v) is 14.8. The van der Waals surface area contributed by atoms with Crippen molar-refractivity contribution in [2.75, 3.05) is 5.32 Å². The third kappa shape index (κ3) is 4.50. The summed E-state index contributed by atoms with van der Waals surface area (Å²) in [6, 6.07) is 22.4. The number of hydrogen-bond donors (Lipinski definition) is 2. The Balaban J connectivity index is 1.74. The molecule has 0 aliphatic carbocycles. The van der Waals surface area contributed by atoms with Gasteiger partial charge >= 0.3 is 5.97 Å². The lowest BCUT2D eigenvalue weighted by Crippen LogP contribution is -2.11. The van der Waals surface area contributed by atoms with Crippen LogP contribution in [0.15, 0.2) is 78.9 Å². The van der Waals surface area contributed by atoms with Crippen LogP contribution in [0.3, 0.4) is 0 Å². The zero-order valence-electron chi connectivity index (χ0n) is 14.8. The Hall–Kier alpha value is -3.66. The fraction of sp³-hybridized carbons (Fsp3) is 0.0435. The summed E-state index contributed by atoms with van der Waals surface area (Å²) in [5.41, 5.74) is 4.63. The molecule has 0 aliphatic rings. The number of aromatic carboxylic acids is 1. The largest absolute Gasteiger partial charge is 0.478 e. The van der Waals surface area contributed by atoms with Crippen molar-refractivity contribution in [3.05, 3.63) is 95.6 Å². The van der Waals surface area contributed by atoms with Crippen LogP contribution in [0.25, 0.3) is 17.2 Å². The van der Waals surface area contributed by atoms with E-state index in [1.165, 1.54) is 12.1 Å². The highest BCUT2D eigenvalue weighted by Gasteiger charge is 2.10. The molecule has 27 heavy (non-hydrogen) atoms. The lowest BCUT2D eigenvalue weighted by Gasteiger charge is -2.07. The Morgan fingerprint density at radius 2 is 1.63 bits per heavy atom. The van der Waals surface area contributed by atoms with E-state index in [0.717, 1.165) is 22.3 Å². The van der Waals surface area contributed by atoms with Crippen LogP contribution in [0.4, 0.5) is 5.69 Å². The van der Waals surface area contributed by atoms with Gasteiger partial charge in [0.2, 0.25) is 5.91 Å². The van der Waals surface area contributed by atoms with Crippen LogP contribution in [-0.4, -0.2) is 17.0 Å². The average molecular weight is 357 g/mol. The maximum atomic E-state index is 12.1. The van der Waals surface area contributed by atoms with Crippen LogP contribution in [0.1, 0.15) is 21.5 Å². The number of benzene rings is 3. The van der Waals surface area contributed by atoms with Crippen molar-refractivity contribution in [3.63, 3.8) is 0 Å². The van der Waals surface area contributed by atoms with Gasteiger partial charge in [-0.2, -0.15) is 0 Å². The Labute approximate surface area is 157 Å². The van der Waals surface area contributed by atoms with Crippen LogP contribution in [0.2, 0.25) is 0 Å². The van der Waals surface area contributed by atoms with Gasteiger partial charge in [-0.1, -0.05) is 60.7 Å². The molecule has 4 heteroatoms. The van der Waals surface area contributed by atoms with Crippen LogP contribution < -0.4 is 5.32 Å². The van der Waals surface area contributed by atoms with E-state index in [4.69, 9.17) is 5.11 Å². The number of carbonyl (C=O) groups excluding carboxylic acids is 1. The summed E-state index contributed by atoms with van der Waals surface area (Å²) in [6.45, 7) is 2.03. The van der Waals surface area contributed by atoms with Crippen LogP contribution in [0.5, 0.6) is 0 Å². The highest BCUT2D eigenvalue weighted by atomic mass is 16.4. The average Bonchev–Trinajstić information content (AvgIpc) is 2.67. The second kappa shape index (κ2) is 8.15. The van der Waals surface area contributed by atoms with Crippen molar-refractivity contribution in [2.24, 2.45) is 0 Å². The highest BCUT2D eigenvalue weighted by Crippen LogP contribution is 2.24. The van der Waals surface area contributed by atoms with Gasteiger partial charge in [0, 0.05) is 6.08 Å². The first-order valence-electron chi connectivity index (χ1n) is 8.52. The van der Waals surface area contributed by atoms with Gasteiger partial charge in [-0.3, -0.25) is 4.79 Å². The summed E-state index contributed by atoms with van der Waals surface area (Å²) in [4.78, 5) is 23.3. The van der Waals surface area contributed by atoms with Crippen molar-refractivity contribution in [1.29, 1.82) is 0 Å². The number of amides is 1. The topological polar surface area (TPSA) is 66.4 Å². The maximum Gasteiger partial charge on any atom is 0.337 e. The number of para-hydroxylation sites is 1. The molecule has 0 spiro atoms. The fourth-order valence-corrected chi connectivity index (χ4v) is 2.86. The summed E-state index contributed by atoms with van der Waals surface area (Å²) in [6.07, 6.45) is 3.11. The molecule has 0 fully saturated rings. The molecule has 3 aromatic rings. The molecule has 0 aromatic heterocycles. The molecule has 1 amide bonds. The normalized spacial score (nSPS) is 10.7. The van der Waals surface area contributed by atoms with Gasteiger partial charge in [0.25, 0.3) is 0 Å². The maximum absolute atomic E-state index is 12.1. The molecule has 0 heterocycles. The number of aryl methyl sites for hydroxylation is 1. The minimum absolute atomic E-state index is 0.0577. The van der Waals surface area contributed by atoms with Gasteiger partial charge < -0.3 is 10.4 Å². The number of carbonyl (C=O) groups is 2. The Bertz CT molecular complexity index is 1010. The van der Waals surface area contributed by atoms with Crippen LogP contribution in [0, 0.1) is 6.92 Å². The number of hydrogen-bond acceptors (Lipinski definition) is 2. The number of nitrogens with one attached hydrogen (secondary N) is 1. The van der Waals surface area contributed by atoms with Gasteiger partial charge in [0.15, 0.2) is 0 Å². The van der Waals surface area contributed by atoms with E-state index in [1.54, 1.807) is 24.3 Å². The Morgan fingerprint density at radius 3 is 2.33 bits per heavy atom. The molecular weight excluding hydrogens is 338 g/mol. The summed E-state index contributed by atoms with van der Waals surface area (Å²) in [5, 5.41) is 11.8. The number of rotatable bonds is 5. The van der Waals surface area contributed by atoms with Crippen molar-refractivity contribution in [3.8, 4) is 11.1 Å². The molecule has 4 nitrogen and oxygen atoms in total. The van der Waals surface area contributed by atoms with E-state index in [1.807, 2.05) is 43.3 Å². The second-order valence-electron chi connectivity index (χ2n) is 6.11. The minimum Gasteiger partial charge on any atom is -0.478 e. The molecule has 2 N–H and O–H groups in total.